The Balaban J connectivity index is 1.00. The number of para-hydroxylation sites is 4. The number of benzene rings is 10. The van der Waals surface area contributed by atoms with Gasteiger partial charge in [-0.1, -0.05) is 170 Å². The number of anilines is 3. The molecule has 1 aliphatic carbocycles. The normalized spacial score (nSPS) is 14.6. The molecule has 1 unspecified atom stereocenters. The van der Waals surface area contributed by atoms with Gasteiger partial charge in [0.25, 0.3) is 0 Å². The Morgan fingerprint density at radius 3 is 1.78 bits per heavy atom. The highest BCUT2D eigenvalue weighted by Gasteiger charge is 2.51. The first-order chi connectivity index (χ1) is 31.8. The summed E-state index contributed by atoms with van der Waals surface area (Å²) in [6, 6.07) is 84.7. The summed E-state index contributed by atoms with van der Waals surface area (Å²) in [6.07, 6.45) is 0. The highest BCUT2D eigenvalue weighted by molar-refractivity contribution is 6.13. The molecule has 3 heteroatoms. The van der Waals surface area contributed by atoms with Crippen molar-refractivity contribution in [1.82, 2.24) is 4.57 Å². The molecule has 0 amide bonds. The van der Waals surface area contributed by atoms with E-state index in [2.05, 4.69) is 228 Å². The van der Waals surface area contributed by atoms with E-state index in [1.54, 1.807) is 0 Å². The molecular weight excluding hydrogens is 777 g/mol. The number of rotatable bonds is 5. The van der Waals surface area contributed by atoms with Crippen molar-refractivity contribution in [2.45, 2.75) is 5.41 Å². The third-order valence-electron chi connectivity index (χ3n) is 14.0. The van der Waals surface area contributed by atoms with Gasteiger partial charge in [-0.15, -0.1) is 0 Å². The smallest absolute Gasteiger partial charge is 0.135 e. The van der Waals surface area contributed by atoms with Crippen LogP contribution in [0.15, 0.2) is 235 Å². The molecule has 2 aromatic heterocycles. The molecule has 0 saturated heterocycles. The first kappa shape index (κ1) is 35.2. The average Bonchev–Trinajstić information content (AvgIpc) is 4.01. The van der Waals surface area contributed by atoms with Crippen LogP contribution in [0.5, 0.6) is 0 Å². The van der Waals surface area contributed by atoms with Crippen molar-refractivity contribution in [2.24, 2.45) is 0 Å². The summed E-state index contributed by atoms with van der Waals surface area (Å²) in [5, 5.41) is 4.82. The minimum absolute atomic E-state index is 0.551. The Morgan fingerprint density at radius 2 is 0.953 bits per heavy atom. The summed E-state index contributed by atoms with van der Waals surface area (Å²) in [6.45, 7) is 0. The maximum Gasteiger partial charge on any atom is 0.135 e. The molecule has 64 heavy (non-hydrogen) atoms. The van der Waals surface area contributed by atoms with E-state index < -0.39 is 5.41 Å². The molecular formula is C61H38N2O. The third-order valence-corrected chi connectivity index (χ3v) is 14.0. The Hall–Kier alpha value is -8.40. The highest BCUT2D eigenvalue weighted by atomic mass is 16.3. The van der Waals surface area contributed by atoms with E-state index in [-0.39, 0.29) is 0 Å². The molecule has 3 nitrogen and oxygen atoms in total. The van der Waals surface area contributed by atoms with Crippen LogP contribution in [0, 0.1) is 0 Å². The lowest BCUT2D eigenvalue weighted by Gasteiger charge is -2.39. The van der Waals surface area contributed by atoms with Crippen LogP contribution in [0.25, 0.3) is 82.8 Å². The first-order valence-corrected chi connectivity index (χ1v) is 22.1. The van der Waals surface area contributed by atoms with Gasteiger partial charge in [-0.05, 0) is 111 Å². The predicted octanol–water partition coefficient (Wildman–Crippen LogP) is 16.2. The zero-order valence-corrected chi connectivity index (χ0v) is 34.7. The van der Waals surface area contributed by atoms with Gasteiger partial charge in [0.2, 0.25) is 0 Å². The van der Waals surface area contributed by atoms with Crippen molar-refractivity contribution in [3.8, 4) is 39.1 Å². The molecule has 10 aromatic carbocycles. The van der Waals surface area contributed by atoms with Gasteiger partial charge >= 0.3 is 0 Å². The molecule has 0 radical (unpaired) electrons. The van der Waals surface area contributed by atoms with Crippen LogP contribution < -0.4 is 4.90 Å². The summed E-state index contributed by atoms with van der Waals surface area (Å²) < 4.78 is 8.70. The van der Waals surface area contributed by atoms with Gasteiger partial charge in [0, 0.05) is 38.5 Å². The lowest BCUT2D eigenvalue weighted by Crippen LogP contribution is -2.33. The summed E-state index contributed by atoms with van der Waals surface area (Å²) >= 11 is 0. The second kappa shape index (κ2) is 13.3. The topological polar surface area (TPSA) is 21.3 Å². The van der Waals surface area contributed by atoms with Crippen molar-refractivity contribution in [3.63, 3.8) is 0 Å². The van der Waals surface area contributed by atoms with Gasteiger partial charge < -0.3 is 13.9 Å². The molecule has 12 aromatic rings. The largest absolute Gasteiger partial charge is 0.456 e. The van der Waals surface area contributed by atoms with E-state index in [0.29, 0.717) is 0 Å². The summed E-state index contributed by atoms with van der Waals surface area (Å²) in [7, 11) is 0. The van der Waals surface area contributed by atoms with Crippen LogP contribution in [0.2, 0.25) is 0 Å². The van der Waals surface area contributed by atoms with Crippen LogP contribution in [0.3, 0.4) is 0 Å². The van der Waals surface area contributed by atoms with Gasteiger partial charge in [-0.2, -0.15) is 0 Å². The van der Waals surface area contributed by atoms with Crippen LogP contribution >= 0.6 is 0 Å². The van der Waals surface area contributed by atoms with Crippen LogP contribution in [-0.4, -0.2) is 4.57 Å². The lowest BCUT2D eigenvalue weighted by molar-refractivity contribution is 0.669. The predicted molar refractivity (Wildman–Crippen MR) is 264 cm³/mol. The number of hydrogen-bond donors (Lipinski definition) is 0. The van der Waals surface area contributed by atoms with E-state index in [1.807, 2.05) is 12.1 Å². The van der Waals surface area contributed by atoms with Crippen LogP contribution in [0.1, 0.15) is 22.3 Å². The molecule has 1 spiro atoms. The average molecular weight is 815 g/mol. The molecule has 3 heterocycles. The van der Waals surface area contributed by atoms with Crippen LogP contribution in [-0.2, 0) is 5.41 Å². The van der Waals surface area contributed by atoms with E-state index in [9.17, 15) is 0 Å². The minimum Gasteiger partial charge on any atom is -0.456 e. The quantitative estimate of drug-likeness (QED) is 0.173. The Labute approximate surface area is 370 Å². The third kappa shape index (κ3) is 4.76. The van der Waals surface area contributed by atoms with Crippen molar-refractivity contribution in [3.05, 3.63) is 253 Å². The van der Waals surface area contributed by atoms with Crippen molar-refractivity contribution in [2.75, 3.05) is 4.90 Å². The molecule has 2 aliphatic rings. The molecule has 0 saturated carbocycles. The Morgan fingerprint density at radius 1 is 0.375 bits per heavy atom. The number of furan rings is 1. The molecule has 0 bridgehead atoms. The lowest BCUT2D eigenvalue weighted by atomic mass is 9.65. The zero-order chi connectivity index (χ0) is 41.9. The fourth-order valence-electron chi connectivity index (χ4n) is 11.3. The number of aromatic nitrogens is 1. The standard InChI is InChI=1S/C61H38N2O/c1-2-14-39(15-3-1)40-28-33-43(34-29-40)62(44-35-30-41(31-36-44)42-32-37-58-49(38-42)46-17-6-11-27-57(46)64-58)56-26-13-22-52-59(56)48-18-4-7-20-50(48)61(52)51-21-8-10-25-55(51)63-54-24-9-5-16-45(54)47-19-12-23-53(61)60(47)63/h1-38H. The first-order valence-electron chi connectivity index (χ1n) is 22.1. The highest BCUT2D eigenvalue weighted by Crippen LogP contribution is 2.63. The van der Waals surface area contributed by atoms with E-state index in [1.165, 1.54) is 72.0 Å². The second-order valence-electron chi connectivity index (χ2n) is 17.2. The van der Waals surface area contributed by atoms with E-state index >= 15 is 0 Å². The number of fused-ring (bicyclic) bond motifs is 15. The SMILES string of the molecule is c1ccc(-c2ccc(N(c3ccc(-c4ccc5oc6ccccc6c5c4)cc3)c3cccc4c3-c3ccccc3C43c4ccccc4-n4c5ccccc5c5cccc3c54)cc2)cc1. The van der Waals surface area contributed by atoms with Gasteiger partial charge in [-0.3, -0.25) is 0 Å². The molecule has 0 fully saturated rings. The van der Waals surface area contributed by atoms with Crippen LogP contribution in [0.4, 0.5) is 17.1 Å². The Bertz CT molecular complexity index is 3840. The van der Waals surface area contributed by atoms with Gasteiger partial charge in [0.1, 0.15) is 11.2 Å². The maximum absolute atomic E-state index is 6.19. The van der Waals surface area contributed by atoms with E-state index in [0.717, 1.165) is 50.1 Å². The second-order valence-corrected chi connectivity index (χ2v) is 17.2. The summed E-state index contributed by atoms with van der Waals surface area (Å²) in [4.78, 5) is 2.46. The Kier molecular flexibility index (Phi) is 7.32. The van der Waals surface area contributed by atoms with Crippen molar-refractivity contribution >= 4 is 60.8 Å². The van der Waals surface area contributed by atoms with E-state index in [4.69, 9.17) is 4.42 Å². The summed E-state index contributed by atoms with van der Waals surface area (Å²) in [5.41, 5.74) is 20.8. The molecule has 14 rings (SSSR count). The number of nitrogens with zero attached hydrogens (tertiary/aromatic N) is 2. The monoisotopic (exact) mass is 814 g/mol. The molecule has 0 N–H and O–H groups in total. The minimum atomic E-state index is -0.551. The zero-order valence-electron chi connectivity index (χ0n) is 34.7. The van der Waals surface area contributed by atoms with Gasteiger partial charge in [0.05, 0.1) is 27.8 Å². The maximum atomic E-state index is 6.19. The van der Waals surface area contributed by atoms with Crippen molar-refractivity contribution in [1.29, 1.82) is 0 Å². The molecule has 1 aliphatic heterocycles. The summed E-state index contributed by atoms with van der Waals surface area (Å²) in [5.74, 6) is 0. The van der Waals surface area contributed by atoms with Gasteiger partial charge in [-0.25, -0.2) is 0 Å². The number of hydrogen-bond acceptors (Lipinski definition) is 2. The van der Waals surface area contributed by atoms with Crippen molar-refractivity contribution < 1.29 is 4.42 Å². The fourth-order valence-corrected chi connectivity index (χ4v) is 11.3. The molecule has 1 atom stereocenters. The fraction of sp³-hybridized carbons (Fsp3) is 0.0164. The molecule has 298 valence electrons. The van der Waals surface area contributed by atoms with Gasteiger partial charge in [0.15, 0.2) is 0 Å².